The standard InChI is InChI=1S/C11H14O4S/c1-14-8-6-10(16-3)9(15-2)4-7(8)5-11(12)13/h4,6H,5H2,1-3H3,(H,12,13). The molecule has 0 aliphatic carbocycles. The smallest absolute Gasteiger partial charge is 0.307 e. The molecule has 0 heterocycles. The maximum absolute atomic E-state index is 10.7. The summed E-state index contributed by atoms with van der Waals surface area (Å²) in [5, 5.41) is 8.78. The summed E-state index contributed by atoms with van der Waals surface area (Å²) in [6, 6.07) is 3.50. The predicted molar refractivity (Wildman–Crippen MR) is 62.7 cm³/mol. The first-order valence-corrected chi connectivity index (χ1v) is 5.85. The van der Waals surface area contributed by atoms with Gasteiger partial charge in [0, 0.05) is 5.56 Å². The molecule has 0 saturated heterocycles. The lowest BCUT2D eigenvalue weighted by Crippen LogP contribution is -2.03. The molecule has 5 heteroatoms. The van der Waals surface area contributed by atoms with Crippen LogP contribution in [-0.2, 0) is 11.2 Å². The van der Waals surface area contributed by atoms with Crippen molar-refractivity contribution in [3.63, 3.8) is 0 Å². The Labute approximate surface area is 98.6 Å². The van der Waals surface area contributed by atoms with Gasteiger partial charge in [0.25, 0.3) is 0 Å². The van der Waals surface area contributed by atoms with Crippen molar-refractivity contribution in [3.05, 3.63) is 17.7 Å². The Hall–Kier alpha value is -1.36. The van der Waals surface area contributed by atoms with Crippen LogP contribution in [0.25, 0.3) is 0 Å². The fourth-order valence-corrected chi connectivity index (χ4v) is 1.96. The van der Waals surface area contributed by atoms with E-state index in [2.05, 4.69) is 0 Å². The summed E-state index contributed by atoms with van der Waals surface area (Å²) in [7, 11) is 3.09. The summed E-state index contributed by atoms with van der Waals surface area (Å²) in [5.41, 5.74) is 0.615. The number of methoxy groups -OCH3 is 2. The number of benzene rings is 1. The summed E-state index contributed by atoms with van der Waals surface area (Å²) >= 11 is 1.52. The fraction of sp³-hybridized carbons (Fsp3) is 0.364. The number of rotatable bonds is 5. The van der Waals surface area contributed by atoms with Crippen LogP contribution in [0.2, 0.25) is 0 Å². The molecule has 16 heavy (non-hydrogen) atoms. The number of aliphatic carboxylic acids is 1. The van der Waals surface area contributed by atoms with Crippen LogP contribution in [0.4, 0.5) is 0 Å². The van der Waals surface area contributed by atoms with Gasteiger partial charge >= 0.3 is 5.97 Å². The quantitative estimate of drug-likeness (QED) is 0.801. The zero-order valence-electron chi connectivity index (χ0n) is 9.44. The Morgan fingerprint density at radius 1 is 1.31 bits per heavy atom. The van der Waals surface area contributed by atoms with Crippen LogP contribution in [0, 0.1) is 0 Å². The molecular formula is C11H14O4S. The van der Waals surface area contributed by atoms with E-state index in [4.69, 9.17) is 14.6 Å². The third kappa shape index (κ3) is 2.82. The van der Waals surface area contributed by atoms with E-state index in [-0.39, 0.29) is 6.42 Å². The van der Waals surface area contributed by atoms with Crippen LogP contribution in [0.3, 0.4) is 0 Å². The monoisotopic (exact) mass is 242 g/mol. The van der Waals surface area contributed by atoms with E-state index in [0.29, 0.717) is 17.1 Å². The number of hydrogen-bond donors (Lipinski definition) is 1. The van der Waals surface area contributed by atoms with Crippen molar-refractivity contribution in [1.29, 1.82) is 0 Å². The summed E-state index contributed by atoms with van der Waals surface area (Å²) in [4.78, 5) is 11.6. The Morgan fingerprint density at radius 3 is 2.38 bits per heavy atom. The number of hydrogen-bond acceptors (Lipinski definition) is 4. The van der Waals surface area contributed by atoms with E-state index in [1.54, 1.807) is 19.2 Å². The maximum atomic E-state index is 10.7. The van der Waals surface area contributed by atoms with Crippen molar-refractivity contribution < 1.29 is 19.4 Å². The Bertz CT molecular complexity index is 390. The van der Waals surface area contributed by atoms with Crippen LogP contribution in [0.5, 0.6) is 11.5 Å². The molecule has 0 bridgehead atoms. The largest absolute Gasteiger partial charge is 0.496 e. The van der Waals surface area contributed by atoms with Crippen molar-refractivity contribution in [2.45, 2.75) is 11.3 Å². The molecule has 0 aliphatic rings. The first-order chi connectivity index (χ1) is 7.62. The van der Waals surface area contributed by atoms with Gasteiger partial charge < -0.3 is 14.6 Å². The van der Waals surface area contributed by atoms with Gasteiger partial charge in [0.1, 0.15) is 11.5 Å². The number of carboxylic acids is 1. The molecule has 0 radical (unpaired) electrons. The molecule has 0 spiro atoms. The van der Waals surface area contributed by atoms with Crippen molar-refractivity contribution in [2.75, 3.05) is 20.5 Å². The minimum atomic E-state index is -0.891. The van der Waals surface area contributed by atoms with Gasteiger partial charge in [0.15, 0.2) is 0 Å². The van der Waals surface area contributed by atoms with Gasteiger partial charge in [-0.15, -0.1) is 11.8 Å². The van der Waals surface area contributed by atoms with E-state index < -0.39 is 5.97 Å². The zero-order valence-corrected chi connectivity index (χ0v) is 10.3. The van der Waals surface area contributed by atoms with Crippen LogP contribution in [0.15, 0.2) is 17.0 Å². The van der Waals surface area contributed by atoms with Crippen LogP contribution in [0.1, 0.15) is 5.56 Å². The van der Waals surface area contributed by atoms with Gasteiger partial charge in [-0.1, -0.05) is 0 Å². The summed E-state index contributed by atoms with van der Waals surface area (Å²) in [5.74, 6) is 0.356. The third-order valence-electron chi connectivity index (χ3n) is 2.13. The van der Waals surface area contributed by atoms with E-state index in [1.165, 1.54) is 18.9 Å². The molecule has 0 fully saturated rings. The van der Waals surface area contributed by atoms with Gasteiger partial charge in [-0.3, -0.25) is 4.79 Å². The molecule has 1 N–H and O–H groups in total. The summed E-state index contributed by atoms with van der Waals surface area (Å²) < 4.78 is 10.3. The second-order valence-corrected chi connectivity index (χ2v) is 3.94. The van der Waals surface area contributed by atoms with Crippen LogP contribution >= 0.6 is 11.8 Å². The maximum Gasteiger partial charge on any atom is 0.307 e. The van der Waals surface area contributed by atoms with Crippen molar-refractivity contribution >= 4 is 17.7 Å². The number of ether oxygens (including phenoxy) is 2. The first-order valence-electron chi connectivity index (χ1n) is 4.63. The first kappa shape index (κ1) is 12.7. The second-order valence-electron chi connectivity index (χ2n) is 3.09. The molecule has 0 aliphatic heterocycles. The molecule has 1 aromatic rings. The minimum Gasteiger partial charge on any atom is -0.496 e. The van der Waals surface area contributed by atoms with Gasteiger partial charge in [0.2, 0.25) is 0 Å². The van der Waals surface area contributed by atoms with Crippen LogP contribution in [-0.4, -0.2) is 31.6 Å². The lowest BCUT2D eigenvalue weighted by molar-refractivity contribution is -0.136. The highest BCUT2D eigenvalue weighted by Crippen LogP contribution is 2.34. The Morgan fingerprint density at radius 2 is 1.94 bits per heavy atom. The number of carbonyl (C=O) groups is 1. The molecule has 0 aromatic heterocycles. The van der Waals surface area contributed by atoms with E-state index >= 15 is 0 Å². The molecular weight excluding hydrogens is 228 g/mol. The SMILES string of the molecule is COc1cc(SC)c(OC)cc1CC(=O)O. The highest BCUT2D eigenvalue weighted by Gasteiger charge is 2.12. The van der Waals surface area contributed by atoms with Gasteiger partial charge in [0.05, 0.1) is 25.5 Å². The van der Waals surface area contributed by atoms with E-state index in [0.717, 1.165) is 4.90 Å². The molecule has 0 unspecified atom stereocenters. The van der Waals surface area contributed by atoms with Gasteiger partial charge in [-0.05, 0) is 18.4 Å². The van der Waals surface area contributed by atoms with Crippen molar-refractivity contribution in [3.8, 4) is 11.5 Å². The summed E-state index contributed by atoms with van der Waals surface area (Å²) in [6.07, 6.45) is 1.85. The molecule has 0 saturated carbocycles. The molecule has 1 aromatic carbocycles. The third-order valence-corrected chi connectivity index (χ3v) is 2.89. The van der Waals surface area contributed by atoms with Crippen molar-refractivity contribution in [1.82, 2.24) is 0 Å². The minimum absolute atomic E-state index is 0.0752. The zero-order chi connectivity index (χ0) is 12.1. The average Bonchev–Trinajstić information content (AvgIpc) is 2.27. The number of thioether (sulfide) groups is 1. The van der Waals surface area contributed by atoms with Gasteiger partial charge in [-0.25, -0.2) is 0 Å². The predicted octanol–water partition coefficient (Wildman–Crippen LogP) is 2.05. The molecule has 1 rings (SSSR count). The number of carboxylic acid groups (broad SMARTS) is 1. The van der Waals surface area contributed by atoms with Crippen LogP contribution < -0.4 is 9.47 Å². The molecule has 0 atom stereocenters. The highest BCUT2D eigenvalue weighted by molar-refractivity contribution is 7.98. The molecule has 88 valence electrons. The van der Waals surface area contributed by atoms with Crippen molar-refractivity contribution in [2.24, 2.45) is 0 Å². The lowest BCUT2D eigenvalue weighted by atomic mass is 10.1. The summed E-state index contributed by atoms with van der Waals surface area (Å²) in [6.45, 7) is 0. The topological polar surface area (TPSA) is 55.8 Å². The normalized spacial score (nSPS) is 9.94. The Balaban J connectivity index is 3.20. The van der Waals surface area contributed by atoms with E-state index in [1.807, 2.05) is 6.26 Å². The second kappa shape index (κ2) is 5.65. The average molecular weight is 242 g/mol. The molecule has 4 nitrogen and oxygen atoms in total. The Kier molecular flexibility index (Phi) is 4.49. The lowest BCUT2D eigenvalue weighted by Gasteiger charge is -2.12. The highest BCUT2D eigenvalue weighted by atomic mass is 32.2. The van der Waals surface area contributed by atoms with E-state index in [9.17, 15) is 4.79 Å². The van der Waals surface area contributed by atoms with Gasteiger partial charge in [-0.2, -0.15) is 0 Å². The fourth-order valence-electron chi connectivity index (χ4n) is 1.39. The molecule has 0 amide bonds.